The summed E-state index contributed by atoms with van der Waals surface area (Å²) in [7, 11) is 1.92. The molecule has 0 radical (unpaired) electrons. The molecule has 1 heterocycles. The van der Waals surface area contributed by atoms with Gasteiger partial charge in [-0.2, -0.15) is 0 Å². The average Bonchev–Trinajstić information content (AvgIpc) is 2.38. The van der Waals surface area contributed by atoms with Crippen LogP contribution in [0.2, 0.25) is 0 Å². The van der Waals surface area contributed by atoms with Gasteiger partial charge in [-0.05, 0) is 32.6 Å². The second-order valence-electron chi connectivity index (χ2n) is 4.88. The Bertz CT molecular complexity index is 320. The number of aliphatic hydroxyl groups is 1. The van der Waals surface area contributed by atoms with E-state index in [1.54, 1.807) is 0 Å². The third-order valence-corrected chi connectivity index (χ3v) is 3.72. The zero-order valence-corrected chi connectivity index (χ0v) is 10.4. The molecule has 3 heteroatoms. The SMILES string of the molecule is CC1=NC2=C(CCCCCCC2)C(O)N1C. The van der Waals surface area contributed by atoms with Crippen LogP contribution in [-0.2, 0) is 0 Å². The summed E-state index contributed by atoms with van der Waals surface area (Å²) < 4.78 is 0. The van der Waals surface area contributed by atoms with Crippen LogP contribution in [0.25, 0.3) is 0 Å². The number of nitrogens with zero attached hydrogens (tertiary/aromatic N) is 2. The molecule has 3 nitrogen and oxygen atoms in total. The Labute approximate surface area is 97.9 Å². The van der Waals surface area contributed by atoms with E-state index in [2.05, 4.69) is 4.99 Å². The second-order valence-corrected chi connectivity index (χ2v) is 4.88. The number of hydrogen-bond acceptors (Lipinski definition) is 3. The molecule has 1 N–H and O–H groups in total. The normalized spacial score (nSPS) is 27.8. The fraction of sp³-hybridized carbons (Fsp3) is 0.769. The predicted octanol–water partition coefficient (Wildman–Crippen LogP) is 2.67. The molecule has 0 aromatic rings. The van der Waals surface area contributed by atoms with Crippen molar-refractivity contribution in [3.05, 3.63) is 11.3 Å². The average molecular weight is 222 g/mol. The van der Waals surface area contributed by atoms with Crippen molar-refractivity contribution in [1.82, 2.24) is 4.90 Å². The van der Waals surface area contributed by atoms with Crippen molar-refractivity contribution >= 4 is 5.84 Å². The number of rotatable bonds is 0. The predicted molar refractivity (Wildman–Crippen MR) is 66.2 cm³/mol. The van der Waals surface area contributed by atoms with Gasteiger partial charge in [-0.3, -0.25) is 0 Å². The van der Waals surface area contributed by atoms with Crippen LogP contribution in [0.4, 0.5) is 0 Å². The third-order valence-electron chi connectivity index (χ3n) is 3.72. The smallest absolute Gasteiger partial charge is 0.151 e. The van der Waals surface area contributed by atoms with Crippen LogP contribution >= 0.6 is 0 Å². The van der Waals surface area contributed by atoms with Crippen molar-refractivity contribution in [2.45, 2.75) is 58.1 Å². The zero-order valence-electron chi connectivity index (χ0n) is 10.4. The van der Waals surface area contributed by atoms with Gasteiger partial charge in [0.05, 0.1) is 0 Å². The molecule has 1 aliphatic heterocycles. The van der Waals surface area contributed by atoms with Gasteiger partial charge in [0.1, 0.15) is 5.84 Å². The van der Waals surface area contributed by atoms with Crippen LogP contribution in [0.15, 0.2) is 16.3 Å². The van der Waals surface area contributed by atoms with Gasteiger partial charge in [-0.1, -0.05) is 19.3 Å². The molecule has 0 fully saturated rings. The number of aliphatic imine (C=N–C) groups is 1. The van der Waals surface area contributed by atoms with Crippen LogP contribution in [-0.4, -0.2) is 29.1 Å². The van der Waals surface area contributed by atoms with E-state index in [1.807, 2.05) is 18.9 Å². The van der Waals surface area contributed by atoms with E-state index < -0.39 is 6.23 Å². The molecular formula is C13H22N2O. The Kier molecular flexibility index (Phi) is 3.64. The van der Waals surface area contributed by atoms with Crippen LogP contribution < -0.4 is 0 Å². The summed E-state index contributed by atoms with van der Waals surface area (Å²) in [6.07, 6.45) is 7.94. The molecule has 1 aliphatic carbocycles. The highest BCUT2D eigenvalue weighted by Crippen LogP contribution is 2.29. The molecule has 0 aromatic carbocycles. The summed E-state index contributed by atoms with van der Waals surface area (Å²) in [4.78, 5) is 6.51. The maximum absolute atomic E-state index is 10.2. The highest BCUT2D eigenvalue weighted by Gasteiger charge is 2.25. The fourth-order valence-electron chi connectivity index (χ4n) is 2.53. The topological polar surface area (TPSA) is 35.8 Å². The molecule has 1 unspecified atom stereocenters. The van der Waals surface area contributed by atoms with E-state index in [4.69, 9.17) is 0 Å². The largest absolute Gasteiger partial charge is 0.369 e. The Morgan fingerprint density at radius 3 is 2.50 bits per heavy atom. The summed E-state index contributed by atoms with van der Waals surface area (Å²) in [6, 6.07) is 0. The number of likely N-dealkylation sites (N-methyl/N-ethyl adjacent to an activating group) is 1. The molecule has 90 valence electrons. The van der Waals surface area contributed by atoms with Crippen LogP contribution in [0.3, 0.4) is 0 Å². The summed E-state index contributed by atoms with van der Waals surface area (Å²) in [5.74, 6) is 0.936. The van der Waals surface area contributed by atoms with Crippen molar-refractivity contribution in [3.8, 4) is 0 Å². The standard InChI is InChI=1S/C13H22N2O/c1-10-14-12-9-7-5-3-4-6-8-11(12)13(16)15(10)2/h13,16H,3-9H2,1-2H3. The van der Waals surface area contributed by atoms with Crippen molar-refractivity contribution in [2.24, 2.45) is 4.99 Å². The van der Waals surface area contributed by atoms with Gasteiger partial charge in [-0.15, -0.1) is 0 Å². The number of hydrogen-bond donors (Lipinski definition) is 1. The summed E-state index contributed by atoms with van der Waals surface area (Å²) in [5, 5.41) is 10.2. The maximum atomic E-state index is 10.2. The minimum Gasteiger partial charge on any atom is -0.369 e. The van der Waals surface area contributed by atoms with Gasteiger partial charge >= 0.3 is 0 Å². The van der Waals surface area contributed by atoms with E-state index in [0.717, 1.165) is 29.9 Å². The first-order chi connectivity index (χ1) is 7.70. The first-order valence-corrected chi connectivity index (χ1v) is 6.38. The highest BCUT2D eigenvalue weighted by molar-refractivity contribution is 5.82. The molecule has 0 aromatic heterocycles. The van der Waals surface area contributed by atoms with Crippen molar-refractivity contribution in [1.29, 1.82) is 0 Å². The monoisotopic (exact) mass is 222 g/mol. The lowest BCUT2D eigenvalue weighted by molar-refractivity contribution is 0.0946. The lowest BCUT2D eigenvalue weighted by atomic mass is 10.0. The van der Waals surface area contributed by atoms with Crippen LogP contribution in [0, 0.1) is 0 Å². The molecule has 16 heavy (non-hydrogen) atoms. The summed E-state index contributed by atoms with van der Waals surface area (Å²) in [5.41, 5.74) is 2.32. The van der Waals surface area contributed by atoms with E-state index >= 15 is 0 Å². The Balaban J connectivity index is 2.25. The van der Waals surface area contributed by atoms with Crippen LogP contribution in [0.1, 0.15) is 51.9 Å². The number of aliphatic hydroxyl groups excluding tert-OH is 1. The van der Waals surface area contributed by atoms with E-state index in [0.29, 0.717) is 0 Å². The van der Waals surface area contributed by atoms with Gasteiger partial charge < -0.3 is 10.0 Å². The van der Waals surface area contributed by atoms with Crippen LogP contribution in [0.5, 0.6) is 0 Å². The van der Waals surface area contributed by atoms with Gasteiger partial charge in [0, 0.05) is 18.3 Å². The minimum absolute atomic E-state index is 0.439. The lowest BCUT2D eigenvalue weighted by Crippen LogP contribution is -2.40. The third kappa shape index (κ3) is 2.29. The minimum atomic E-state index is -0.439. The number of allylic oxidation sites excluding steroid dienone is 1. The Morgan fingerprint density at radius 2 is 1.75 bits per heavy atom. The van der Waals surface area contributed by atoms with E-state index in [1.165, 1.54) is 32.1 Å². The molecule has 0 saturated carbocycles. The Morgan fingerprint density at radius 1 is 1.12 bits per heavy atom. The molecule has 0 bridgehead atoms. The summed E-state index contributed by atoms with van der Waals surface area (Å²) >= 11 is 0. The van der Waals surface area contributed by atoms with Gasteiger partial charge in [-0.25, -0.2) is 4.99 Å². The molecule has 0 amide bonds. The molecular weight excluding hydrogens is 200 g/mol. The van der Waals surface area contributed by atoms with E-state index in [9.17, 15) is 5.11 Å². The molecule has 2 rings (SSSR count). The first-order valence-electron chi connectivity index (χ1n) is 6.38. The van der Waals surface area contributed by atoms with Crippen molar-refractivity contribution in [2.75, 3.05) is 7.05 Å². The van der Waals surface area contributed by atoms with E-state index in [-0.39, 0.29) is 0 Å². The quantitative estimate of drug-likeness (QED) is 0.684. The highest BCUT2D eigenvalue weighted by atomic mass is 16.3. The van der Waals surface area contributed by atoms with Crippen molar-refractivity contribution < 1.29 is 5.11 Å². The fourth-order valence-corrected chi connectivity index (χ4v) is 2.53. The molecule has 0 saturated heterocycles. The Hall–Kier alpha value is -0.830. The molecule has 0 spiro atoms. The van der Waals surface area contributed by atoms with Gasteiger partial charge in [0.15, 0.2) is 6.23 Å². The van der Waals surface area contributed by atoms with Crippen molar-refractivity contribution in [3.63, 3.8) is 0 Å². The first kappa shape index (κ1) is 11.6. The zero-order chi connectivity index (χ0) is 11.5. The number of amidine groups is 1. The maximum Gasteiger partial charge on any atom is 0.151 e. The van der Waals surface area contributed by atoms with Gasteiger partial charge in [0.2, 0.25) is 0 Å². The molecule has 2 aliphatic rings. The molecule has 1 atom stereocenters. The van der Waals surface area contributed by atoms with Gasteiger partial charge in [0.25, 0.3) is 0 Å². The lowest BCUT2D eigenvalue weighted by Gasteiger charge is -2.32. The summed E-state index contributed by atoms with van der Waals surface area (Å²) in [6.45, 7) is 1.97. The second kappa shape index (κ2) is 5.00.